The Morgan fingerprint density at radius 3 is 2.48 bits per heavy atom. The molecule has 1 aliphatic rings. The zero-order valence-electron chi connectivity index (χ0n) is 13.1. The second-order valence-corrected chi connectivity index (χ2v) is 6.23. The minimum atomic E-state index is -0.782. The number of carbonyl (C=O) groups excluding carboxylic acids is 1. The molecular formula is C16H21N3O2. The first-order valence-electron chi connectivity index (χ1n) is 6.90. The normalized spacial score (nSPS) is 17.2. The minimum Gasteiger partial charge on any atom is -0.410 e. The van der Waals surface area contributed by atoms with Gasteiger partial charge in [-0.25, -0.2) is 0 Å². The van der Waals surface area contributed by atoms with E-state index in [4.69, 9.17) is 10.9 Å². The van der Waals surface area contributed by atoms with Crippen LogP contribution in [0.25, 0.3) is 0 Å². The number of benzene rings is 1. The molecule has 0 aliphatic carbocycles. The van der Waals surface area contributed by atoms with Crippen molar-refractivity contribution in [2.24, 2.45) is 15.9 Å². The Morgan fingerprint density at radius 1 is 1.33 bits per heavy atom. The van der Waals surface area contributed by atoms with Gasteiger partial charge in [-0.15, -0.1) is 0 Å². The lowest BCUT2D eigenvalue weighted by molar-refractivity contribution is -0.111. The van der Waals surface area contributed by atoms with Crippen molar-refractivity contribution in [2.45, 2.75) is 46.6 Å². The summed E-state index contributed by atoms with van der Waals surface area (Å²) >= 11 is 0. The van der Waals surface area contributed by atoms with Gasteiger partial charge in [-0.3, -0.25) is 9.79 Å². The Morgan fingerprint density at radius 2 is 1.95 bits per heavy atom. The Hall–Kier alpha value is -2.17. The summed E-state index contributed by atoms with van der Waals surface area (Å²) in [6, 6.07) is 1.99. The molecule has 0 fully saturated rings. The molecule has 2 rings (SSSR count). The fraction of sp³-hybridized carbons (Fsp3) is 0.438. The molecule has 0 bridgehead atoms. The first kappa shape index (κ1) is 15.2. The number of rotatable bonds is 2. The molecule has 1 aromatic rings. The van der Waals surface area contributed by atoms with Gasteiger partial charge in [-0.2, -0.15) is 0 Å². The van der Waals surface area contributed by atoms with E-state index in [1.165, 1.54) is 11.1 Å². The van der Waals surface area contributed by atoms with E-state index in [9.17, 15) is 4.79 Å². The summed E-state index contributed by atoms with van der Waals surface area (Å²) in [5.74, 6) is -0.782. The maximum absolute atomic E-state index is 11.5. The summed E-state index contributed by atoms with van der Waals surface area (Å²) < 4.78 is 0. The molecule has 112 valence electrons. The van der Waals surface area contributed by atoms with Crippen LogP contribution in [0.1, 0.15) is 41.7 Å². The number of nitrogens with two attached hydrogens (primary N) is 1. The van der Waals surface area contributed by atoms with Crippen molar-refractivity contribution >= 4 is 17.3 Å². The predicted octanol–water partition coefficient (Wildman–Crippen LogP) is 2.05. The maximum Gasteiger partial charge on any atom is 0.273 e. The lowest BCUT2D eigenvalue weighted by atomic mass is 9.81. The Bertz CT molecular complexity index is 685. The lowest BCUT2D eigenvalue weighted by Crippen LogP contribution is -2.38. The van der Waals surface area contributed by atoms with Gasteiger partial charge in [-0.1, -0.05) is 5.16 Å². The summed E-state index contributed by atoms with van der Waals surface area (Å²) in [4.78, 5) is 16.1. The van der Waals surface area contributed by atoms with Crippen LogP contribution in [0.4, 0.5) is 0 Å². The average Bonchev–Trinajstić information content (AvgIpc) is 2.37. The van der Waals surface area contributed by atoms with Crippen molar-refractivity contribution in [2.75, 3.05) is 0 Å². The molecule has 0 unspecified atom stereocenters. The largest absolute Gasteiger partial charge is 0.410 e. The SMILES string of the molecule is Cc1cc2c(c(C)c1C)CC(C)(C)N=C2C(=NO)C(N)=O. The number of carbonyl (C=O) groups is 1. The summed E-state index contributed by atoms with van der Waals surface area (Å²) in [7, 11) is 0. The molecule has 1 aliphatic heterocycles. The average molecular weight is 287 g/mol. The van der Waals surface area contributed by atoms with Crippen LogP contribution in [-0.2, 0) is 11.2 Å². The lowest BCUT2D eigenvalue weighted by Gasteiger charge is -2.31. The van der Waals surface area contributed by atoms with Gasteiger partial charge in [0.1, 0.15) is 5.71 Å². The second-order valence-electron chi connectivity index (χ2n) is 6.23. The first-order chi connectivity index (χ1) is 9.68. The van der Waals surface area contributed by atoms with Crippen molar-refractivity contribution in [3.05, 3.63) is 33.9 Å². The Labute approximate surface area is 124 Å². The van der Waals surface area contributed by atoms with Crippen LogP contribution in [0.5, 0.6) is 0 Å². The van der Waals surface area contributed by atoms with Crippen LogP contribution in [0.3, 0.4) is 0 Å². The summed E-state index contributed by atoms with van der Waals surface area (Å²) in [6.07, 6.45) is 0.774. The number of hydrogen-bond donors (Lipinski definition) is 2. The molecule has 3 N–H and O–H groups in total. The summed E-state index contributed by atoms with van der Waals surface area (Å²) in [5, 5.41) is 12.2. The van der Waals surface area contributed by atoms with E-state index in [0.29, 0.717) is 5.71 Å². The Balaban J connectivity index is 2.79. The molecule has 5 nitrogen and oxygen atoms in total. The van der Waals surface area contributed by atoms with Crippen molar-refractivity contribution in [3.8, 4) is 0 Å². The molecule has 0 aromatic heterocycles. The molecule has 0 saturated carbocycles. The highest BCUT2D eigenvalue weighted by molar-refractivity contribution is 6.70. The quantitative estimate of drug-likeness (QED) is 0.495. The number of hydrogen-bond acceptors (Lipinski definition) is 4. The van der Waals surface area contributed by atoms with Gasteiger partial charge >= 0.3 is 0 Å². The van der Waals surface area contributed by atoms with Gasteiger partial charge in [0.2, 0.25) is 0 Å². The molecule has 1 amide bonds. The number of primary amides is 1. The zero-order valence-corrected chi connectivity index (χ0v) is 13.1. The van der Waals surface area contributed by atoms with E-state index in [1.807, 2.05) is 26.8 Å². The van der Waals surface area contributed by atoms with E-state index in [1.54, 1.807) is 0 Å². The second kappa shape index (κ2) is 4.98. The van der Waals surface area contributed by atoms with E-state index in [-0.39, 0.29) is 11.3 Å². The summed E-state index contributed by atoms with van der Waals surface area (Å²) in [5.41, 5.74) is 10.6. The number of fused-ring (bicyclic) bond motifs is 1. The van der Waals surface area contributed by atoms with Crippen LogP contribution in [0.15, 0.2) is 16.2 Å². The van der Waals surface area contributed by atoms with Crippen LogP contribution < -0.4 is 5.73 Å². The van der Waals surface area contributed by atoms with Gasteiger partial charge in [-0.05, 0) is 69.4 Å². The monoisotopic (exact) mass is 287 g/mol. The third kappa shape index (κ3) is 2.55. The molecule has 1 heterocycles. The third-order valence-corrected chi connectivity index (χ3v) is 4.13. The Kier molecular flexibility index (Phi) is 3.61. The minimum absolute atomic E-state index is 0.188. The highest BCUT2D eigenvalue weighted by Crippen LogP contribution is 2.32. The molecule has 0 spiro atoms. The molecule has 0 saturated heterocycles. The van der Waals surface area contributed by atoms with Gasteiger partial charge in [0.25, 0.3) is 5.91 Å². The predicted molar refractivity (Wildman–Crippen MR) is 83.4 cm³/mol. The van der Waals surface area contributed by atoms with Crippen molar-refractivity contribution in [1.82, 2.24) is 0 Å². The smallest absolute Gasteiger partial charge is 0.273 e. The fourth-order valence-electron chi connectivity index (χ4n) is 2.80. The highest BCUT2D eigenvalue weighted by atomic mass is 16.4. The standard InChI is InChI=1S/C16H21N3O2/c1-8-6-11-12(10(3)9(8)2)7-16(4,5)18-13(11)14(19-21)15(17)20/h6,21H,7H2,1-5H3,(H2,17,20). The summed E-state index contributed by atoms with van der Waals surface area (Å²) in [6.45, 7) is 10.1. The first-order valence-corrected chi connectivity index (χ1v) is 6.90. The highest BCUT2D eigenvalue weighted by Gasteiger charge is 2.32. The molecular weight excluding hydrogens is 266 g/mol. The number of amides is 1. The van der Waals surface area contributed by atoms with E-state index in [0.717, 1.165) is 23.1 Å². The number of aliphatic imine (C=N–C) groups is 1. The van der Waals surface area contributed by atoms with Crippen LogP contribution in [-0.4, -0.2) is 28.1 Å². The third-order valence-electron chi connectivity index (χ3n) is 4.13. The van der Waals surface area contributed by atoms with Crippen LogP contribution in [0.2, 0.25) is 0 Å². The zero-order chi connectivity index (χ0) is 15.9. The molecule has 21 heavy (non-hydrogen) atoms. The molecule has 5 heteroatoms. The van der Waals surface area contributed by atoms with Gasteiger partial charge < -0.3 is 10.9 Å². The van der Waals surface area contributed by atoms with Gasteiger partial charge in [0.05, 0.1) is 5.54 Å². The van der Waals surface area contributed by atoms with E-state index in [2.05, 4.69) is 24.0 Å². The fourth-order valence-corrected chi connectivity index (χ4v) is 2.80. The van der Waals surface area contributed by atoms with Crippen molar-refractivity contribution < 1.29 is 10.0 Å². The van der Waals surface area contributed by atoms with E-state index >= 15 is 0 Å². The van der Waals surface area contributed by atoms with E-state index < -0.39 is 5.91 Å². The molecule has 0 atom stereocenters. The van der Waals surface area contributed by atoms with Crippen molar-refractivity contribution in [1.29, 1.82) is 0 Å². The maximum atomic E-state index is 11.5. The molecule has 0 radical (unpaired) electrons. The number of oxime groups is 1. The van der Waals surface area contributed by atoms with Gasteiger partial charge in [0.15, 0.2) is 5.71 Å². The topological polar surface area (TPSA) is 88.0 Å². The van der Waals surface area contributed by atoms with Gasteiger partial charge in [0, 0.05) is 5.56 Å². The molecule has 1 aromatic carbocycles. The number of aryl methyl sites for hydroxylation is 1. The van der Waals surface area contributed by atoms with Crippen LogP contribution >= 0.6 is 0 Å². The van der Waals surface area contributed by atoms with Crippen molar-refractivity contribution in [3.63, 3.8) is 0 Å². The number of nitrogens with zero attached hydrogens (tertiary/aromatic N) is 2. The van der Waals surface area contributed by atoms with Crippen LogP contribution in [0, 0.1) is 20.8 Å².